The maximum absolute atomic E-state index is 12.6. The largest absolute Gasteiger partial charge is 0.497 e. The fraction of sp³-hybridized carbons (Fsp3) is 0.375. The van der Waals surface area contributed by atoms with E-state index in [1.54, 1.807) is 7.11 Å². The van der Waals surface area contributed by atoms with Crippen molar-refractivity contribution >= 4 is 16.8 Å². The highest BCUT2D eigenvalue weighted by Gasteiger charge is 2.29. The van der Waals surface area contributed by atoms with Crippen molar-refractivity contribution in [2.45, 2.75) is 31.8 Å². The molecule has 150 valence electrons. The molecule has 3 heterocycles. The molecule has 5 rings (SSSR count). The number of methoxy groups -OCH3 is 1. The number of H-pyrrole nitrogens is 1. The molecular weight excluding hydrogens is 362 g/mol. The summed E-state index contributed by atoms with van der Waals surface area (Å²) >= 11 is 0. The van der Waals surface area contributed by atoms with Crippen LogP contribution in [-0.2, 0) is 13.0 Å². The van der Waals surface area contributed by atoms with E-state index >= 15 is 0 Å². The molecule has 0 aliphatic carbocycles. The van der Waals surface area contributed by atoms with Gasteiger partial charge in [-0.05, 0) is 61.2 Å². The lowest BCUT2D eigenvalue weighted by Crippen LogP contribution is -2.38. The molecule has 1 fully saturated rings. The Bertz CT molecular complexity index is 1040. The van der Waals surface area contributed by atoms with Crippen molar-refractivity contribution in [3.63, 3.8) is 0 Å². The molecule has 1 aromatic heterocycles. The number of hydrogen-bond donors (Lipinski definition) is 1. The number of likely N-dealkylation sites (tertiary alicyclic amines) is 1. The normalized spacial score (nSPS) is 19.3. The first-order valence-corrected chi connectivity index (χ1v) is 10.5. The molecule has 1 atom stereocenters. The molecule has 29 heavy (non-hydrogen) atoms. The monoisotopic (exact) mass is 389 g/mol. The molecule has 0 bridgehead atoms. The molecule has 1 amide bonds. The van der Waals surface area contributed by atoms with Crippen molar-refractivity contribution in [1.82, 2.24) is 14.8 Å². The van der Waals surface area contributed by atoms with Gasteiger partial charge >= 0.3 is 0 Å². The van der Waals surface area contributed by atoms with Gasteiger partial charge in [-0.3, -0.25) is 9.69 Å². The third kappa shape index (κ3) is 3.40. The topological polar surface area (TPSA) is 48.6 Å². The number of aromatic nitrogens is 1. The predicted molar refractivity (Wildman–Crippen MR) is 114 cm³/mol. The van der Waals surface area contributed by atoms with E-state index in [2.05, 4.69) is 34.3 Å². The Morgan fingerprint density at radius 1 is 1.17 bits per heavy atom. The molecule has 3 aromatic rings. The number of nitrogens with one attached hydrogen (secondary N) is 1. The minimum atomic E-state index is 0.181. The first-order chi connectivity index (χ1) is 14.2. The average Bonchev–Trinajstić information content (AvgIpc) is 3.45. The first-order valence-electron chi connectivity index (χ1n) is 10.5. The molecule has 0 spiro atoms. The Balaban J connectivity index is 1.25. The van der Waals surface area contributed by atoms with Crippen LogP contribution in [0.4, 0.5) is 0 Å². The molecule has 5 heteroatoms. The van der Waals surface area contributed by atoms with Crippen LogP contribution in [0.3, 0.4) is 0 Å². The fourth-order valence-electron chi connectivity index (χ4n) is 4.87. The molecule has 0 radical (unpaired) electrons. The van der Waals surface area contributed by atoms with Gasteiger partial charge in [0, 0.05) is 48.3 Å². The maximum atomic E-state index is 12.6. The van der Waals surface area contributed by atoms with Crippen LogP contribution < -0.4 is 4.74 Å². The smallest absolute Gasteiger partial charge is 0.254 e. The number of hydrogen-bond acceptors (Lipinski definition) is 3. The number of ether oxygens (including phenoxy) is 1. The van der Waals surface area contributed by atoms with Crippen LogP contribution in [0.25, 0.3) is 10.9 Å². The Morgan fingerprint density at radius 3 is 2.93 bits per heavy atom. The number of carbonyl (C=O) groups is 1. The lowest BCUT2D eigenvalue weighted by molar-refractivity contribution is 0.0754. The number of aromatic amines is 1. The van der Waals surface area contributed by atoms with Crippen LogP contribution in [0.1, 0.15) is 34.3 Å². The van der Waals surface area contributed by atoms with Gasteiger partial charge in [0.2, 0.25) is 0 Å². The zero-order chi connectivity index (χ0) is 19.8. The zero-order valence-corrected chi connectivity index (χ0v) is 16.9. The van der Waals surface area contributed by atoms with Crippen LogP contribution in [0.5, 0.6) is 5.75 Å². The predicted octanol–water partition coefficient (Wildman–Crippen LogP) is 3.84. The Hall–Kier alpha value is -2.79. The second kappa shape index (κ2) is 7.56. The fourth-order valence-corrected chi connectivity index (χ4v) is 4.87. The van der Waals surface area contributed by atoms with Gasteiger partial charge < -0.3 is 14.6 Å². The van der Waals surface area contributed by atoms with Gasteiger partial charge in [-0.15, -0.1) is 0 Å². The maximum Gasteiger partial charge on any atom is 0.254 e. The van der Waals surface area contributed by atoms with Gasteiger partial charge in [-0.1, -0.05) is 18.2 Å². The summed E-state index contributed by atoms with van der Waals surface area (Å²) in [6.45, 7) is 3.60. The number of benzene rings is 2. The number of rotatable bonds is 6. The molecule has 1 saturated heterocycles. The van der Waals surface area contributed by atoms with E-state index in [4.69, 9.17) is 4.74 Å². The molecule has 0 unspecified atom stereocenters. The van der Waals surface area contributed by atoms with Gasteiger partial charge in [0.1, 0.15) is 5.75 Å². The van der Waals surface area contributed by atoms with E-state index in [1.165, 1.54) is 23.8 Å². The first kappa shape index (κ1) is 18.3. The van der Waals surface area contributed by atoms with Crippen molar-refractivity contribution in [1.29, 1.82) is 0 Å². The highest BCUT2D eigenvalue weighted by atomic mass is 16.5. The summed E-state index contributed by atoms with van der Waals surface area (Å²) in [6, 6.07) is 14.7. The highest BCUT2D eigenvalue weighted by Crippen LogP contribution is 2.28. The summed E-state index contributed by atoms with van der Waals surface area (Å²) in [7, 11) is 1.71. The molecular formula is C24H27N3O2. The van der Waals surface area contributed by atoms with Crippen LogP contribution >= 0.6 is 0 Å². The van der Waals surface area contributed by atoms with E-state index in [9.17, 15) is 4.79 Å². The van der Waals surface area contributed by atoms with Crippen LogP contribution in [0.2, 0.25) is 0 Å². The zero-order valence-electron chi connectivity index (χ0n) is 16.9. The molecule has 1 N–H and O–H groups in total. The van der Waals surface area contributed by atoms with Crippen LogP contribution in [0, 0.1) is 0 Å². The van der Waals surface area contributed by atoms with E-state index in [1.807, 2.05) is 29.2 Å². The quantitative estimate of drug-likeness (QED) is 0.697. The number of fused-ring (bicyclic) bond motifs is 2. The SMILES string of the molecule is COc1ccc2[nH]cc(C[C@H]3CCCN3CCN3Cc4ccccc4C3=O)c2c1. The Labute approximate surface area is 171 Å². The molecule has 0 saturated carbocycles. The highest BCUT2D eigenvalue weighted by molar-refractivity contribution is 5.98. The van der Waals surface area contributed by atoms with Crippen molar-refractivity contribution < 1.29 is 9.53 Å². The van der Waals surface area contributed by atoms with Gasteiger partial charge in [0.15, 0.2) is 0 Å². The summed E-state index contributed by atoms with van der Waals surface area (Å²) in [6.07, 6.45) is 5.61. The van der Waals surface area contributed by atoms with Crippen molar-refractivity contribution in [3.05, 3.63) is 65.4 Å². The number of amides is 1. The Kier molecular flexibility index (Phi) is 4.76. The second-order valence-electron chi connectivity index (χ2n) is 8.15. The van der Waals surface area contributed by atoms with Crippen molar-refractivity contribution in [3.8, 4) is 5.75 Å². The standard InChI is InChI=1S/C24H27N3O2/c1-29-20-8-9-23-22(14-20)18(15-25-23)13-19-6-4-10-26(19)11-12-27-16-17-5-2-3-7-21(17)24(27)28/h2-3,5,7-9,14-15,19,25H,4,6,10-13,16H2,1H3/t19-/m1/s1. The summed E-state index contributed by atoms with van der Waals surface area (Å²) in [5, 5.41) is 1.25. The number of nitrogens with zero attached hydrogens (tertiary/aromatic N) is 2. The minimum Gasteiger partial charge on any atom is -0.497 e. The average molecular weight is 389 g/mol. The molecule has 2 aliphatic heterocycles. The number of carbonyl (C=O) groups excluding carboxylic acids is 1. The third-order valence-electron chi connectivity index (χ3n) is 6.48. The van der Waals surface area contributed by atoms with E-state index in [0.717, 1.165) is 55.0 Å². The van der Waals surface area contributed by atoms with Gasteiger partial charge in [0.05, 0.1) is 7.11 Å². The van der Waals surface area contributed by atoms with Crippen LogP contribution in [0.15, 0.2) is 48.7 Å². The van der Waals surface area contributed by atoms with E-state index in [0.29, 0.717) is 6.04 Å². The molecule has 2 aliphatic rings. The summed E-state index contributed by atoms with van der Waals surface area (Å²) in [4.78, 5) is 20.6. The van der Waals surface area contributed by atoms with Crippen molar-refractivity contribution in [2.24, 2.45) is 0 Å². The minimum absolute atomic E-state index is 0.181. The summed E-state index contributed by atoms with van der Waals surface area (Å²) in [5.41, 5.74) is 4.53. The van der Waals surface area contributed by atoms with Crippen molar-refractivity contribution in [2.75, 3.05) is 26.7 Å². The molecule has 5 nitrogen and oxygen atoms in total. The lowest BCUT2D eigenvalue weighted by atomic mass is 10.0. The second-order valence-corrected chi connectivity index (χ2v) is 8.15. The lowest BCUT2D eigenvalue weighted by Gasteiger charge is -2.27. The van der Waals surface area contributed by atoms with Crippen LogP contribution in [-0.4, -0.2) is 53.5 Å². The third-order valence-corrected chi connectivity index (χ3v) is 6.48. The van der Waals surface area contributed by atoms with Gasteiger partial charge in [-0.2, -0.15) is 0 Å². The summed E-state index contributed by atoms with van der Waals surface area (Å²) < 4.78 is 5.41. The van der Waals surface area contributed by atoms with Gasteiger partial charge in [-0.25, -0.2) is 0 Å². The van der Waals surface area contributed by atoms with Gasteiger partial charge in [0.25, 0.3) is 5.91 Å². The van der Waals surface area contributed by atoms with E-state index < -0.39 is 0 Å². The summed E-state index contributed by atoms with van der Waals surface area (Å²) in [5.74, 6) is 1.08. The molecule has 2 aromatic carbocycles. The Morgan fingerprint density at radius 2 is 2.07 bits per heavy atom. The van der Waals surface area contributed by atoms with E-state index in [-0.39, 0.29) is 5.91 Å².